The molecule has 0 radical (unpaired) electrons. The molecule has 0 aliphatic carbocycles. The molecule has 0 atom stereocenters. The summed E-state index contributed by atoms with van der Waals surface area (Å²) in [5, 5.41) is 9.09. The molecule has 0 bridgehead atoms. The van der Waals surface area contributed by atoms with Gasteiger partial charge in [0.05, 0.1) is 12.7 Å². The fourth-order valence-corrected chi connectivity index (χ4v) is 1.78. The Morgan fingerprint density at radius 2 is 1.78 bits per heavy atom. The standard InChI is InChI=1S/C14H11FO3/c1-18-12-8-4-7-10(13(12)15)9-5-2-3-6-11(9)14(16)17/h2-8H,1H3,(H,16,17). The van der Waals surface area contributed by atoms with Crippen molar-refractivity contribution < 1.29 is 19.0 Å². The van der Waals surface area contributed by atoms with Crippen molar-refractivity contribution in [3.8, 4) is 16.9 Å². The van der Waals surface area contributed by atoms with Crippen molar-refractivity contribution in [3.05, 3.63) is 53.8 Å². The van der Waals surface area contributed by atoms with Crippen molar-refractivity contribution in [1.82, 2.24) is 0 Å². The van der Waals surface area contributed by atoms with Gasteiger partial charge in [-0.15, -0.1) is 0 Å². The van der Waals surface area contributed by atoms with Crippen molar-refractivity contribution in [2.45, 2.75) is 0 Å². The summed E-state index contributed by atoms with van der Waals surface area (Å²) in [6, 6.07) is 10.9. The Morgan fingerprint density at radius 3 is 2.44 bits per heavy atom. The van der Waals surface area contributed by atoms with E-state index in [0.717, 1.165) is 0 Å². The van der Waals surface area contributed by atoms with E-state index >= 15 is 0 Å². The molecule has 0 aliphatic heterocycles. The van der Waals surface area contributed by atoms with Crippen LogP contribution in [0.15, 0.2) is 42.5 Å². The van der Waals surface area contributed by atoms with Gasteiger partial charge in [0.2, 0.25) is 0 Å². The lowest BCUT2D eigenvalue weighted by Crippen LogP contribution is -2.00. The number of carbonyl (C=O) groups is 1. The molecule has 0 saturated carbocycles. The van der Waals surface area contributed by atoms with Crippen molar-refractivity contribution in [2.24, 2.45) is 0 Å². The minimum absolute atomic E-state index is 0.0599. The van der Waals surface area contributed by atoms with Crippen LogP contribution in [0.25, 0.3) is 11.1 Å². The largest absolute Gasteiger partial charge is 0.494 e. The highest BCUT2D eigenvalue weighted by Crippen LogP contribution is 2.31. The molecule has 4 heteroatoms. The Hall–Kier alpha value is -2.36. The van der Waals surface area contributed by atoms with Gasteiger partial charge < -0.3 is 9.84 Å². The zero-order valence-corrected chi connectivity index (χ0v) is 9.68. The molecular formula is C14H11FO3. The number of methoxy groups -OCH3 is 1. The van der Waals surface area contributed by atoms with Gasteiger partial charge in [0, 0.05) is 5.56 Å². The van der Waals surface area contributed by atoms with Crippen LogP contribution in [-0.4, -0.2) is 18.2 Å². The zero-order valence-electron chi connectivity index (χ0n) is 9.68. The van der Waals surface area contributed by atoms with Gasteiger partial charge in [-0.2, -0.15) is 0 Å². The first-order chi connectivity index (χ1) is 8.65. The molecule has 0 unspecified atom stereocenters. The molecule has 0 spiro atoms. The molecule has 1 N–H and O–H groups in total. The van der Waals surface area contributed by atoms with Crippen LogP contribution in [0, 0.1) is 5.82 Å². The Kier molecular flexibility index (Phi) is 3.28. The van der Waals surface area contributed by atoms with E-state index in [9.17, 15) is 9.18 Å². The third-order valence-corrected chi connectivity index (χ3v) is 2.63. The monoisotopic (exact) mass is 246 g/mol. The number of hydrogen-bond donors (Lipinski definition) is 1. The second-order valence-electron chi connectivity index (χ2n) is 3.67. The lowest BCUT2D eigenvalue weighted by Gasteiger charge is -2.09. The fraction of sp³-hybridized carbons (Fsp3) is 0.0714. The van der Waals surface area contributed by atoms with Gasteiger partial charge in [-0.3, -0.25) is 0 Å². The van der Waals surface area contributed by atoms with Crippen LogP contribution in [0.4, 0.5) is 4.39 Å². The smallest absolute Gasteiger partial charge is 0.336 e. The highest BCUT2D eigenvalue weighted by atomic mass is 19.1. The van der Waals surface area contributed by atoms with Crippen molar-refractivity contribution in [2.75, 3.05) is 7.11 Å². The molecule has 0 heterocycles. The molecule has 0 amide bonds. The van der Waals surface area contributed by atoms with E-state index in [0.29, 0.717) is 5.56 Å². The molecule has 2 rings (SSSR count). The summed E-state index contributed by atoms with van der Waals surface area (Å²) < 4.78 is 19.0. The molecule has 0 aromatic heterocycles. The van der Waals surface area contributed by atoms with Gasteiger partial charge >= 0.3 is 5.97 Å². The Labute approximate surface area is 103 Å². The van der Waals surface area contributed by atoms with Crippen LogP contribution < -0.4 is 4.74 Å². The second-order valence-corrected chi connectivity index (χ2v) is 3.67. The molecule has 92 valence electrons. The Bertz CT molecular complexity index is 593. The normalized spacial score (nSPS) is 10.1. The number of benzene rings is 2. The SMILES string of the molecule is COc1cccc(-c2ccccc2C(=O)O)c1F. The van der Waals surface area contributed by atoms with E-state index in [1.807, 2.05) is 0 Å². The maximum Gasteiger partial charge on any atom is 0.336 e. The number of halogens is 1. The summed E-state index contributed by atoms with van der Waals surface area (Å²) in [7, 11) is 1.37. The van der Waals surface area contributed by atoms with Crippen molar-refractivity contribution in [1.29, 1.82) is 0 Å². The summed E-state index contributed by atoms with van der Waals surface area (Å²) >= 11 is 0. The minimum Gasteiger partial charge on any atom is -0.494 e. The minimum atomic E-state index is -1.09. The van der Waals surface area contributed by atoms with Crippen molar-refractivity contribution >= 4 is 5.97 Å². The molecule has 0 saturated heterocycles. The lowest BCUT2D eigenvalue weighted by atomic mass is 9.99. The number of aromatic carboxylic acids is 1. The molecule has 2 aromatic rings. The highest BCUT2D eigenvalue weighted by Gasteiger charge is 2.16. The predicted molar refractivity (Wildman–Crippen MR) is 65.3 cm³/mol. The summed E-state index contributed by atoms with van der Waals surface area (Å²) in [5.74, 6) is -1.56. The van der Waals surface area contributed by atoms with Crippen LogP contribution in [0.5, 0.6) is 5.75 Å². The molecular weight excluding hydrogens is 235 g/mol. The van der Waals surface area contributed by atoms with E-state index in [4.69, 9.17) is 9.84 Å². The third kappa shape index (κ3) is 2.05. The molecule has 18 heavy (non-hydrogen) atoms. The zero-order chi connectivity index (χ0) is 13.1. The first-order valence-corrected chi connectivity index (χ1v) is 5.30. The second kappa shape index (κ2) is 4.87. The number of carboxylic acid groups (broad SMARTS) is 1. The summed E-state index contributed by atoms with van der Waals surface area (Å²) in [6.07, 6.45) is 0. The fourth-order valence-electron chi connectivity index (χ4n) is 1.78. The van der Waals surface area contributed by atoms with Crippen molar-refractivity contribution in [3.63, 3.8) is 0 Å². The molecule has 2 aromatic carbocycles. The topological polar surface area (TPSA) is 46.5 Å². The van der Waals surface area contributed by atoms with Gasteiger partial charge in [0.1, 0.15) is 0 Å². The van der Waals surface area contributed by atoms with Crippen LogP contribution in [0.1, 0.15) is 10.4 Å². The maximum atomic E-state index is 14.1. The van der Waals surface area contributed by atoms with Gasteiger partial charge in [0.15, 0.2) is 11.6 Å². The van der Waals surface area contributed by atoms with E-state index in [1.54, 1.807) is 24.3 Å². The van der Waals surface area contributed by atoms with Gasteiger partial charge in [0.25, 0.3) is 0 Å². The molecule has 0 aliphatic rings. The predicted octanol–water partition coefficient (Wildman–Crippen LogP) is 3.20. The van der Waals surface area contributed by atoms with E-state index in [2.05, 4.69) is 0 Å². The number of ether oxygens (including phenoxy) is 1. The van der Waals surface area contributed by atoms with E-state index in [1.165, 1.54) is 25.3 Å². The summed E-state index contributed by atoms with van der Waals surface area (Å²) in [6.45, 7) is 0. The Balaban J connectivity index is 2.66. The van der Waals surface area contributed by atoms with Crippen LogP contribution in [-0.2, 0) is 0 Å². The maximum absolute atomic E-state index is 14.1. The van der Waals surface area contributed by atoms with Gasteiger partial charge in [-0.1, -0.05) is 30.3 Å². The van der Waals surface area contributed by atoms with E-state index in [-0.39, 0.29) is 16.9 Å². The van der Waals surface area contributed by atoms with E-state index < -0.39 is 11.8 Å². The van der Waals surface area contributed by atoms with Gasteiger partial charge in [-0.25, -0.2) is 9.18 Å². The summed E-state index contributed by atoms with van der Waals surface area (Å²) in [5.41, 5.74) is 0.610. The number of rotatable bonds is 3. The quantitative estimate of drug-likeness (QED) is 0.904. The highest BCUT2D eigenvalue weighted by molar-refractivity contribution is 5.96. The van der Waals surface area contributed by atoms with Crippen LogP contribution in [0.2, 0.25) is 0 Å². The average molecular weight is 246 g/mol. The lowest BCUT2D eigenvalue weighted by molar-refractivity contribution is 0.0697. The average Bonchev–Trinajstić information content (AvgIpc) is 2.39. The van der Waals surface area contributed by atoms with Crippen LogP contribution >= 0.6 is 0 Å². The third-order valence-electron chi connectivity index (χ3n) is 2.63. The van der Waals surface area contributed by atoms with Crippen LogP contribution in [0.3, 0.4) is 0 Å². The Morgan fingerprint density at radius 1 is 1.11 bits per heavy atom. The molecule has 0 fully saturated rings. The summed E-state index contributed by atoms with van der Waals surface area (Å²) in [4.78, 5) is 11.1. The number of hydrogen-bond acceptors (Lipinski definition) is 2. The van der Waals surface area contributed by atoms with Gasteiger partial charge in [-0.05, 0) is 17.7 Å². The number of carboxylic acids is 1. The first kappa shape index (κ1) is 12.1. The molecule has 3 nitrogen and oxygen atoms in total. The first-order valence-electron chi connectivity index (χ1n) is 5.30.